The Labute approximate surface area is 109 Å². The normalized spacial score (nSPS) is 30.2. The quantitative estimate of drug-likeness (QED) is 0.674. The Kier molecular flexibility index (Phi) is 6.54. The van der Waals surface area contributed by atoms with E-state index in [4.69, 9.17) is 0 Å². The molecule has 1 nitrogen and oxygen atoms in total. The van der Waals surface area contributed by atoms with Gasteiger partial charge >= 0.3 is 0 Å². The molecule has 0 radical (unpaired) electrons. The molecule has 0 aromatic carbocycles. The van der Waals surface area contributed by atoms with Crippen LogP contribution in [0.1, 0.15) is 66.7 Å². The highest BCUT2D eigenvalue weighted by atomic mass is 14.9. The van der Waals surface area contributed by atoms with E-state index in [0.29, 0.717) is 0 Å². The molecule has 1 fully saturated rings. The SMILES string of the molecule is CC(C)CCCNC1CC(C)CCC1C(C)C. The van der Waals surface area contributed by atoms with Crippen molar-refractivity contribution in [3.05, 3.63) is 0 Å². The molecular weight excluding hydrogens is 206 g/mol. The highest BCUT2D eigenvalue weighted by Gasteiger charge is 2.29. The second kappa shape index (κ2) is 7.41. The molecule has 0 heterocycles. The molecule has 1 heteroatoms. The fourth-order valence-electron chi connectivity index (χ4n) is 3.23. The van der Waals surface area contributed by atoms with Gasteiger partial charge in [-0.3, -0.25) is 0 Å². The highest BCUT2D eigenvalue weighted by Crippen LogP contribution is 2.33. The Morgan fingerprint density at radius 1 is 1.12 bits per heavy atom. The average Bonchev–Trinajstić information content (AvgIpc) is 2.23. The number of hydrogen-bond donors (Lipinski definition) is 1. The van der Waals surface area contributed by atoms with E-state index in [2.05, 4.69) is 39.9 Å². The zero-order valence-corrected chi connectivity index (χ0v) is 12.6. The van der Waals surface area contributed by atoms with Crippen molar-refractivity contribution in [3.63, 3.8) is 0 Å². The smallest absolute Gasteiger partial charge is 0.0100 e. The molecule has 102 valence electrons. The zero-order chi connectivity index (χ0) is 12.8. The van der Waals surface area contributed by atoms with Crippen molar-refractivity contribution in [1.82, 2.24) is 5.32 Å². The molecule has 3 unspecified atom stereocenters. The molecule has 1 saturated carbocycles. The van der Waals surface area contributed by atoms with E-state index in [1.54, 1.807) is 0 Å². The summed E-state index contributed by atoms with van der Waals surface area (Å²) >= 11 is 0. The van der Waals surface area contributed by atoms with Gasteiger partial charge in [0.2, 0.25) is 0 Å². The molecule has 1 N–H and O–H groups in total. The van der Waals surface area contributed by atoms with Crippen LogP contribution in [0, 0.1) is 23.7 Å². The lowest BCUT2D eigenvalue weighted by atomic mass is 9.74. The molecule has 0 aliphatic heterocycles. The van der Waals surface area contributed by atoms with E-state index >= 15 is 0 Å². The summed E-state index contributed by atoms with van der Waals surface area (Å²) in [5.74, 6) is 3.52. The Balaban J connectivity index is 2.31. The lowest BCUT2D eigenvalue weighted by Crippen LogP contribution is -2.43. The lowest BCUT2D eigenvalue weighted by molar-refractivity contribution is 0.169. The standard InChI is InChI=1S/C16H33N/c1-12(2)7-6-10-17-16-11-14(5)8-9-15(16)13(3)4/h12-17H,6-11H2,1-5H3. The van der Waals surface area contributed by atoms with Gasteiger partial charge in [0, 0.05) is 6.04 Å². The van der Waals surface area contributed by atoms with Gasteiger partial charge < -0.3 is 5.32 Å². The summed E-state index contributed by atoms with van der Waals surface area (Å²) in [6, 6.07) is 0.783. The van der Waals surface area contributed by atoms with Crippen LogP contribution in [0.25, 0.3) is 0 Å². The van der Waals surface area contributed by atoms with Crippen LogP contribution in [0.3, 0.4) is 0 Å². The van der Waals surface area contributed by atoms with Crippen molar-refractivity contribution in [1.29, 1.82) is 0 Å². The van der Waals surface area contributed by atoms with Gasteiger partial charge in [-0.15, -0.1) is 0 Å². The van der Waals surface area contributed by atoms with Gasteiger partial charge in [0.05, 0.1) is 0 Å². The third-order valence-electron chi connectivity index (χ3n) is 4.39. The van der Waals surface area contributed by atoms with Crippen molar-refractivity contribution in [2.45, 2.75) is 72.8 Å². The minimum absolute atomic E-state index is 0.783. The average molecular weight is 239 g/mol. The summed E-state index contributed by atoms with van der Waals surface area (Å²) < 4.78 is 0. The fraction of sp³-hybridized carbons (Fsp3) is 1.00. The zero-order valence-electron chi connectivity index (χ0n) is 12.6. The molecule has 1 aliphatic carbocycles. The summed E-state index contributed by atoms with van der Waals surface area (Å²) in [5.41, 5.74) is 0. The summed E-state index contributed by atoms with van der Waals surface area (Å²) in [5, 5.41) is 3.84. The lowest BCUT2D eigenvalue weighted by Gasteiger charge is -2.38. The molecule has 0 saturated heterocycles. The van der Waals surface area contributed by atoms with Crippen LogP contribution >= 0.6 is 0 Å². The van der Waals surface area contributed by atoms with E-state index in [1.165, 1.54) is 38.6 Å². The Morgan fingerprint density at radius 2 is 1.82 bits per heavy atom. The van der Waals surface area contributed by atoms with Crippen LogP contribution in [0.5, 0.6) is 0 Å². The maximum atomic E-state index is 3.84. The van der Waals surface area contributed by atoms with Crippen molar-refractivity contribution in [2.75, 3.05) is 6.54 Å². The summed E-state index contributed by atoms with van der Waals surface area (Å²) in [7, 11) is 0. The van der Waals surface area contributed by atoms with Crippen molar-refractivity contribution < 1.29 is 0 Å². The van der Waals surface area contributed by atoms with Gasteiger partial charge in [-0.25, -0.2) is 0 Å². The monoisotopic (exact) mass is 239 g/mol. The summed E-state index contributed by atoms with van der Waals surface area (Å²) in [6.45, 7) is 13.1. The molecule has 1 rings (SSSR count). The minimum Gasteiger partial charge on any atom is -0.314 e. The third kappa shape index (κ3) is 5.42. The molecule has 0 aromatic heterocycles. The topological polar surface area (TPSA) is 12.0 Å². The van der Waals surface area contributed by atoms with Gasteiger partial charge in [-0.05, 0) is 55.9 Å². The second-order valence-electron chi connectivity index (χ2n) is 6.92. The first-order valence-electron chi connectivity index (χ1n) is 7.74. The molecular formula is C16H33N. The van der Waals surface area contributed by atoms with Gasteiger partial charge in [0.15, 0.2) is 0 Å². The molecule has 17 heavy (non-hydrogen) atoms. The van der Waals surface area contributed by atoms with Crippen LogP contribution in [0.15, 0.2) is 0 Å². The number of nitrogens with one attached hydrogen (secondary N) is 1. The van der Waals surface area contributed by atoms with Crippen molar-refractivity contribution in [2.24, 2.45) is 23.7 Å². The second-order valence-corrected chi connectivity index (χ2v) is 6.92. The first kappa shape index (κ1) is 15.0. The first-order chi connectivity index (χ1) is 8.00. The fourth-order valence-corrected chi connectivity index (χ4v) is 3.23. The van der Waals surface area contributed by atoms with Crippen LogP contribution in [-0.4, -0.2) is 12.6 Å². The largest absolute Gasteiger partial charge is 0.314 e. The Bertz CT molecular complexity index is 198. The highest BCUT2D eigenvalue weighted by molar-refractivity contribution is 4.85. The maximum absolute atomic E-state index is 3.84. The molecule has 0 bridgehead atoms. The van der Waals surface area contributed by atoms with Crippen LogP contribution in [0.2, 0.25) is 0 Å². The molecule has 3 atom stereocenters. The first-order valence-corrected chi connectivity index (χ1v) is 7.74. The van der Waals surface area contributed by atoms with Gasteiger partial charge in [-0.2, -0.15) is 0 Å². The summed E-state index contributed by atoms with van der Waals surface area (Å²) in [6.07, 6.45) is 6.97. The third-order valence-corrected chi connectivity index (χ3v) is 4.39. The molecule has 1 aliphatic rings. The van der Waals surface area contributed by atoms with Crippen LogP contribution in [-0.2, 0) is 0 Å². The van der Waals surface area contributed by atoms with Crippen molar-refractivity contribution in [3.8, 4) is 0 Å². The molecule has 0 aromatic rings. The number of rotatable bonds is 6. The van der Waals surface area contributed by atoms with E-state index in [9.17, 15) is 0 Å². The van der Waals surface area contributed by atoms with E-state index in [0.717, 1.165) is 29.7 Å². The summed E-state index contributed by atoms with van der Waals surface area (Å²) in [4.78, 5) is 0. The van der Waals surface area contributed by atoms with Gasteiger partial charge in [0.1, 0.15) is 0 Å². The number of hydrogen-bond acceptors (Lipinski definition) is 1. The predicted octanol–water partition coefficient (Wildman–Crippen LogP) is 4.47. The van der Waals surface area contributed by atoms with E-state index in [-0.39, 0.29) is 0 Å². The van der Waals surface area contributed by atoms with Crippen molar-refractivity contribution >= 4 is 0 Å². The molecule has 0 spiro atoms. The van der Waals surface area contributed by atoms with Crippen LogP contribution < -0.4 is 5.32 Å². The van der Waals surface area contributed by atoms with Gasteiger partial charge in [0.25, 0.3) is 0 Å². The molecule has 0 amide bonds. The maximum Gasteiger partial charge on any atom is 0.0100 e. The Hall–Kier alpha value is -0.0400. The van der Waals surface area contributed by atoms with E-state index in [1.807, 2.05) is 0 Å². The Morgan fingerprint density at radius 3 is 2.41 bits per heavy atom. The van der Waals surface area contributed by atoms with Crippen LogP contribution in [0.4, 0.5) is 0 Å². The van der Waals surface area contributed by atoms with E-state index < -0.39 is 0 Å². The predicted molar refractivity (Wildman–Crippen MR) is 77.2 cm³/mol. The van der Waals surface area contributed by atoms with Gasteiger partial charge in [-0.1, -0.05) is 41.0 Å². The minimum atomic E-state index is 0.783.